The molecule has 0 atom stereocenters. The zero-order valence-electron chi connectivity index (χ0n) is 14.6. The van der Waals surface area contributed by atoms with E-state index < -0.39 is 5.97 Å². The Morgan fingerprint density at radius 2 is 1.80 bits per heavy atom. The molecule has 0 aliphatic heterocycles. The minimum absolute atomic E-state index is 0.0242. The summed E-state index contributed by atoms with van der Waals surface area (Å²) in [5.41, 5.74) is 0.860. The number of para-hydroxylation sites is 1. The van der Waals surface area contributed by atoms with Crippen molar-refractivity contribution in [3.63, 3.8) is 0 Å². The minimum atomic E-state index is -0.406. The van der Waals surface area contributed by atoms with Crippen molar-refractivity contribution in [1.29, 1.82) is 0 Å². The van der Waals surface area contributed by atoms with Gasteiger partial charge in [-0.25, -0.2) is 4.79 Å². The Morgan fingerprint density at radius 3 is 2.56 bits per heavy atom. The second kappa shape index (κ2) is 10.3. The predicted molar refractivity (Wildman–Crippen MR) is 96.1 cm³/mol. The van der Waals surface area contributed by atoms with E-state index in [1.54, 1.807) is 13.0 Å². The maximum Gasteiger partial charge on any atom is 0.339 e. The second-order valence-electron chi connectivity index (χ2n) is 5.77. The molecule has 0 aliphatic rings. The molecule has 2 aromatic rings. The Balaban J connectivity index is 1.58. The van der Waals surface area contributed by atoms with Gasteiger partial charge in [-0.2, -0.15) is 0 Å². The highest BCUT2D eigenvalue weighted by Crippen LogP contribution is 2.12. The Morgan fingerprint density at radius 1 is 1.04 bits per heavy atom. The van der Waals surface area contributed by atoms with Gasteiger partial charge in [-0.05, 0) is 38.0 Å². The van der Waals surface area contributed by atoms with Gasteiger partial charge in [0.05, 0.1) is 24.5 Å². The van der Waals surface area contributed by atoms with Crippen LogP contribution in [-0.4, -0.2) is 30.0 Å². The Hall–Kier alpha value is -2.56. The van der Waals surface area contributed by atoms with Crippen LogP contribution in [0.25, 0.3) is 0 Å². The first-order valence-corrected chi connectivity index (χ1v) is 8.77. The summed E-state index contributed by atoms with van der Waals surface area (Å²) in [6.45, 7) is 2.76. The van der Waals surface area contributed by atoms with Crippen LogP contribution in [0.1, 0.15) is 59.9 Å². The molecule has 0 saturated carbocycles. The molecule has 2 rings (SSSR count). The first-order valence-electron chi connectivity index (χ1n) is 8.77. The third-order valence-corrected chi connectivity index (χ3v) is 3.80. The summed E-state index contributed by atoms with van der Waals surface area (Å²) in [6.07, 6.45) is 5.80. The molecule has 5 nitrogen and oxygen atoms in total. The van der Waals surface area contributed by atoms with Crippen LogP contribution in [0.2, 0.25) is 0 Å². The van der Waals surface area contributed by atoms with E-state index in [9.17, 15) is 9.59 Å². The molecule has 0 amide bonds. The molecule has 25 heavy (non-hydrogen) atoms. The monoisotopic (exact) mass is 343 g/mol. The van der Waals surface area contributed by atoms with Crippen molar-refractivity contribution < 1.29 is 19.1 Å². The first kappa shape index (κ1) is 18.8. The van der Waals surface area contributed by atoms with Gasteiger partial charge in [-0.3, -0.25) is 4.79 Å². The van der Waals surface area contributed by atoms with Crippen LogP contribution in [-0.2, 0) is 4.74 Å². The Kier molecular flexibility index (Phi) is 7.76. The van der Waals surface area contributed by atoms with E-state index in [1.807, 2.05) is 30.3 Å². The lowest BCUT2D eigenvalue weighted by Crippen LogP contribution is -2.03. The van der Waals surface area contributed by atoms with Crippen LogP contribution < -0.4 is 4.74 Å². The molecule has 134 valence electrons. The zero-order chi connectivity index (χ0) is 17.9. The van der Waals surface area contributed by atoms with Gasteiger partial charge in [0.2, 0.25) is 0 Å². The quantitative estimate of drug-likeness (QED) is 0.373. The average molecular weight is 343 g/mol. The highest BCUT2D eigenvalue weighted by molar-refractivity contribution is 5.98. The van der Waals surface area contributed by atoms with Gasteiger partial charge in [0, 0.05) is 12.6 Å². The van der Waals surface area contributed by atoms with Crippen molar-refractivity contribution in [1.82, 2.24) is 4.98 Å². The molecule has 0 fully saturated rings. The molecule has 0 aliphatic carbocycles. The maximum absolute atomic E-state index is 12.1. The van der Waals surface area contributed by atoms with E-state index in [0.717, 1.165) is 31.4 Å². The average Bonchev–Trinajstić information content (AvgIpc) is 3.12. The van der Waals surface area contributed by atoms with Gasteiger partial charge in [0.1, 0.15) is 5.75 Å². The number of Topliss-reactive ketones (excluding diaryl/α,β-unsaturated/α-hetero) is 1. The largest absolute Gasteiger partial charge is 0.494 e. The maximum atomic E-state index is 12.1. The number of carbonyl (C=O) groups is 2. The Bertz CT molecular complexity index is 663. The third-order valence-electron chi connectivity index (χ3n) is 3.80. The number of carbonyl (C=O) groups excluding carboxylic acids is 2. The minimum Gasteiger partial charge on any atom is -0.494 e. The lowest BCUT2D eigenvalue weighted by Gasteiger charge is -2.05. The van der Waals surface area contributed by atoms with Gasteiger partial charge >= 0.3 is 5.97 Å². The normalized spacial score (nSPS) is 10.4. The lowest BCUT2D eigenvalue weighted by molar-refractivity contribution is 0.0526. The fourth-order valence-electron chi connectivity index (χ4n) is 2.47. The molecule has 1 heterocycles. The molecule has 1 aromatic carbocycles. The van der Waals surface area contributed by atoms with E-state index in [2.05, 4.69) is 4.98 Å². The van der Waals surface area contributed by atoms with Crippen LogP contribution in [0, 0.1) is 0 Å². The number of benzene rings is 1. The van der Waals surface area contributed by atoms with Gasteiger partial charge < -0.3 is 14.5 Å². The SMILES string of the molecule is CCOC(=O)c1c[nH]c(C(=O)CCCCCCOc2ccccc2)c1. The van der Waals surface area contributed by atoms with Gasteiger partial charge in [-0.1, -0.05) is 31.0 Å². The number of rotatable bonds is 11. The highest BCUT2D eigenvalue weighted by Gasteiger charge is 2.13. The summed E-state index contributed by atoms with van der Waals surface area (Å²) in [5.74, 6) is 0.508. The van der Waals surface area contributed by atoms with Gasteiger partial charge in [-0.15, -0.1) is 0 Å². The van der Waals surface area contributed by atoms with E-state index in [4.69, 9.17) is 9.47 Å². The summed E-state index contributed by atoms with van der Waals surface area (Å²) >= 11 is 0. The van der Waals surface area contributed by atoms with Crippen molar-refractivity contribution in [2.75, 3.05) is 13.2 Å². The van der Waals surface area contributed by atoms with Gasteiger partial charge in [0.25, 0.3) is 0 Å². The third kappa shape index (κ3) is 6.45. The van der Waals surface area contributed by atoms with Crippen LogP contribution in [0.15, 0.2) is 42.6 Å². The first-order chi connectivity index (χ1) is 12.2. The van der Waals surface area contributed by atoms with Crippen LogP contribution in [0.4, 0.5) is 0 Å². The van der Waals surface area contributed by atoms with E-state index in [1.165, 1.54) is 6.20 Å². The second-order valence-corrected chi connectivity index (χ2v) is 5.77. The number of ether oxygens (including phenoxy) is 2. The molecule has 0 unspecified atom stereocenters. The fourth-order valence-corrected chi connectivity index (χ4v) is 2.47. The van der Waals surface area contributed by atoms with Crippen molar-refractivity contribution in [2.24, 2.45) is 0 Å². The fraction of sp³-hybridized carbons (Fsp3) is 0.400. The topological polar surface area (TPSA) is 68.4 Å². The van der Waals surface area contributed by atoms with Crippen molar-refractivity contribution in [2.45, 2.75) is 39.0 Å². The molecular weight excluding hydrogens is 318 g/mol. The summed E-state index contributed by atoms with van der Waals surface area (Å²) < 4.78 is 10.5. The summed E-state index contributed by atoms with van der Waals surface area (Å²) in [7, 11) is 0. The number of H-pyrrole nitrogens is 1. The molecule has 1 aromatic heterocycles. The van der Waals surface area contributed by atoms with Gasteiger partial charge in [0.15, 0.2) is 5.78 Å². The smallest absolute Gasteiger partial charge is 0.339 e. The van der Waals surface area contributed by atoms with E-state index in [-0.39, 0.29) is 5.78 Å². The highest BCUT2D eigenvalue weighted by atomic mass is 16.5. The van der Waals surface area contributed by atoms with Crippen molar-refractivity contribution in [3.8, 4) is 5.75 Å². The van der Waals surface area contributed by atoms with Crippen LogP contribution in [0.3, 0.4) is 0 Å². The summed E-state index contributed by atoms with van der Waals surface area (Å²) in [5, 5.41) is 0. The summed E-state index contributed by atoms with van der Waals surface area (Å²) in [6, 6.07) is 11.3. The van der Waals surface area contributed by atoms with Crippen molar-refractivity contribution in [3.05, 3.63) is 53.9 Å². The molecule has 1 N–H and O–H groups in total. The standard InChI is InChI=1S/C20H25NO4/c1-2-24-20(23)16-14-18(21-15-16)19(22)12-8-3-4-9-13-25-17-10-6-5-7-11-17/h5-7,10-11,14-15,21H,2-4,8-9,12-13H2,1H3. The molecule has 0 radical (unpaired) electrons. The molecule has 5 heteroatoms. The van der Waals surface area contributed by atoms with Crippen LogP contribution >= 0.6 is 0 Å². The molecule has 0 spiro atoms. The number of nitrogens with one attached hydrogen (secondary N) is 1. The van der Waals surface area contributed by atoms with E-state index >= 15 is 0 Å². The van der Waals surface area contributed by atoms with Crippen LogP contribution in [0.5, 0.6) is 5.75 Å². The Labute approximate surface area is 148 Å². The molecule has 0 bridgehead atoms. The number of hydrogen-bond acceptors (Lipinski definition) is 4. The zero-order valence-corrected chi connectivity index (χ0v) is 14.6. The number of aromatic nitrogens is 1. The number of unbranched alkanes of at least 4 members (excludes halogenated alkanes) is 3. The number of ketones is 1. The van der Waals surface area contributed by atoms with E-state index in [0.29, 0.717) is 30.9 Å². The number of aromatic amines is 1. The number of esters is 1. The predicted octanol–water partition coefficient (Wildman–Crippen LogP) is 4.40. The summed E-state index contributed by atoms with van der Waals surface area (Å²) in [4.78, 5) is 26.5. The molecule has 0 saturated heterocycles. The molecular formula is C20H25NO4. The number of hydrogen-bond donors (Lipinski definition) is 1. The lowest BCUT2D eigenvalue weighted by atomic mass is 10.1. The van der Waals surface area contributed by atoms with Crippen molar-refractivity contribution >= 4 is 11.8 Å².